The number of hydrogen-bond donors (Lipinski definition) is 0. The van der Waals surface area contributed by atoms with Crippen LogP contribution in [0.2, 0.25) is 0 Å². The Morgan fingerprint density at radius 3 is 2.81 bits per heavy atom. The molecule has 0 radical (unpaired) electrons. The van der Waals surface area contributed by atoms with Crippen LogP contribution in [0.5, 0.6) is 0 Å². The summed E-state index contributed by atoms with van der Waals surface area (Å²) >= 11 is 1.27. The molecule has 2 aromatic carbocycles. The van der Waals surface area contributed by atoms with Crippen LogP contribution in [-0.4, -0.2) is 42.8 Å². The number of fused-ring (bicyclic) bond motifs is 1. The Kier molecular flexibility index (Phi) is 4.89. The smallest absolute Gasteiger partial charge is 0.236 e. The molecule has 3 aromatic rings. The summed E-state index contributed by atoms with van der Waals surface area (Å²) in [5.41, 5.74) is 3.02. The standard InChI is InChI=1S/C19H18FN5OS/c1-13(18(26)24-10-9-14-5-2-3-6-15(14)12-24)27-19-21-22-23-25(19)17-8-4-7-16(20)11-17/h2-8,11,13H,9-10,12H2,1H3/t13-/m1/s1. The van der Waals surface area contributed by atoms with Crippen LogP contribution in [0.1, 0.15) is 18.1 Å². The molecule has 8 heteroatoms. The number of thioether (sulfide) groups is 1. The number of halogens is 1. The van der Waals surface area contributed by atoms with Crippen LogP contribution in [0.25, 0.3) is 5.69 Å². The van der Waals surface area contributed by atoms with Crippen molar-refractivity contribution in [1.29, 1.82) is 0 Å². The van der Waals surface area contributed by atoms with E-state index in [2.05, 4.69) is 27.7 Å². The number of carbonyl (C=O) groups excluding carboxylic acids is 1. The highest BCUT2D eigenvalue weighted by molar-refractivity contribution is 8.00. The first-order valence-electron chi connectivity index (χ1n) is 8.68. The minimum absolute atomic E-state index is 0.0447. The van der Waals surface area contributed by atoms with Crippen molar-refractivity contribution in [2.24, 2.45) is 0 Å². The lowest BCUT2D eigenvalue weighted by Gasteiger charge is -2.30. The number of benzene rings is 2. The van der Waals surface area contributed by atoms with E-state index in [1.165, 1.54) is 39.7 Å². The number of tetrazole rings is 1. The Hall–Kier alpha value is -2.74. The highest BCUT2D eigenvalue weighted by Gasteiger charge is 2.26. The summed E-state index contributed by atoms with van der Waals surface area (Å²) in [5, 5.41) is 11.7. The lowest BCUT2D eigenvalue weighted by Crippen LogP contribution is -2.40. The predicted octanol–water partition coefficient (Wildman–Crippen LogP) is 2.87. The first-order valence-corrected chi connectivity index (χ1v) is 9.56. The molecule has 2 heterocycles. The number of nitrogens with zero attached hydrogens (tertiary/aromatic N) is 5. The zero-order valence-corrected chi connectivity index (χ0v) is 15.6. The van der Waals surface area contributed by atoms with Crippen LogP contribution in [0.15, 0.2) is 53.7 Å². The summed E-state index contributed by atoms with van der Waals surface area (Å²) < 4.78 is 14.9. The normalized spacial score (nSPS) is 14.7. The van der Waals surface area contributed by atoms with Crippen LogP contribution in [-0.2, 0) is 17.8 Å². The average molecular weight is 383 g/mol. The first-order chi connectivity index (χ1) is 13.1. The lowest BCUT2D eigenvalue weighted by molar-refractivity contribution is -0.131. The highest BCUT2D eigenvalue weighted by Crippen LogP contribution is 2.26. The molecule has 0 fully saturated rings. The van der Waals surface area contributed by atoms with Gasteiger partial charge in [-0.15, -0.1) is 5.10 Å². The van der Waals surface area contributed by atoms with Crippen molar-refractivity contribution in [3.8, 4) is 5.69 Å². The molecule has 1 aromatic heterocycles. The van der Waals surface area contributed by atoms with E-state index < -0.39 is 0 Å². The summed E-state index contributed by atoms with van der Waals surface area (Å²) in [6, 6.07) is 14.2. The summed E-state index contributed by atoms with van der Waals surface area (Å²) in [5.74, 6) is -0.321. The molecule has 0 bridgehead atoms. The maximum absolute atomic E-state index is 13.5. The number of rotatable bonds is 4. The second kappa shape index (κ2) is 7.48. The fourth-order valence-corrected chi connectivity index (χ4v) is 4.06. The van der Waals surface area contributed by atoms with E-state index in [-0.39, 0.29) is 17.0 Å². The van der Waals surface area contributed by atoms with Crippen LogP contribution in [0.3, 0.4) is 0 Å². The third-order valence-corrected chi connectivity index (χ3v) is 5.59. The SMILES string of the molecule is C[C@@H](Sc1nnnn1-c1cccc(F)c1)C(=O)N1CCc2ccccc2C1. The van der Waals surface area contributed by atoms with E-state index in [1.54, 1.807) is 12.1 Å². The van der Waals surface area contributed by atoms with E-state index in [0.29, 0.717) is 23.9 Å². The zero-order chi connectivity index (χ0) is 18.8. The molecule has 6 nitrogen and oxygen atoms in total. The second-order valence-electron chi connectivity index (χ2n) is 6.39. The number of carbonyl (C=O) groups is 1. The van der Waals surface area contributed by atoms with Crippen LogP contribution in [0, 0.1) is 5.82 Å². The van der Waals surface area contributed by atoms with Crippen LogP contribution >= 0.6 is 11.8 Å². The molecule has 1 atom stereocenters. The van der Waals surface area contributed by atoms with Crippen molar-refractivity contribution in [2.75, 3.05) is 6.54 Å². The molecule has 0 saturated heterocycles. The van der Waals surface area contributed by atoms with Gasteiger partial charge in [0.2, 0.25) is 11.1 Å². The molecule has 138 valence electrons. The molecule has 0 spiro atoms. The molecule has 1 aliphatic rings. The maximum Gasteiger partial charge on any atom is 0.236 e. The lowest BCUT2D eigenvalue weighted by atomic mass is 10.00. The van der Waals surface area contributed by atoms with Crippen molar-refractivity contribution >= 4 is 17.7 Å². The van der Waals surface area contributed by atoms with Gasteiger partial charge in [-0.2, -0.15) is 4.68 Å². The van der Waals surface area contributed by atoms with Crippen molar-refractivity contribution in [3.63, 3.8) is 0 Å². The average Bonchev–Trinajstić information content (AvgIpc) is 3.15. The van der Waals surface area contributed by atoms with E-state index in [9.17, 15) is 9.18 Å². The molecular weight excluding hydrogens is 365 g/mol. The third-order valence-electron chi connectivity index (χ3n) is 4.57. The summed E-state index contributed by atoms with van der Waals surface area (Å²) in [4.78, 5) is 14.8. The van der Waals surface area contributed by atoms with Gasteiger partial charge < -0.3 is 4.90 Å². The third kappa shape index (κ3) is 3.71. The van der Waals surface area contributed by atoms with Crippen LogP contribution < -0.4 is 0 Å². The molecule has 0 N–H and O–H groups in total. The Morgan fingerprint density at radius 1 is 1.19 bits per heavy atom. The van der Waals surface area contributed by atoms with Crippen molar-refractivity contribution in [1.82, 2.24) is 25.1 Å². The number of aromatic nitrogens is 4. The van der Waals surface area contributed by atoms with E-state index in [1.807, 2.05) is 24.0 Å². The van der Waals surface area contributed by atoms with Crippen LogP contribution in [0.4, 0.5) is 4.39 Å². The minimum Gasteiger partial charge on any atom is -0.337 e. The molecule has 0 aliphatic carbocycles. The molecule has 1 aliphatic heterocycles. The molecule has 0 unspecified atom stereocenters. The Morgan fingerprint density at radius 2 is 2.00 bits per heavy atom. The maximum atomic E-state index is 13.5. The fourth-order valence-electron chi connectivity index (χ4n) is 3.17. The van der Waals surface area contributed by atoms with Crippen molar-refractivity contribution in [2.45, 2.75) is 30.3 Å². The van der Waals surface area contributed by atoms with Gasteiger partial charge in [0.15, 0.2) is 0 Å². The second-order valence-corrected chi connectivity index (χ2v) is 7.70. The van der Waals surface area contributed by atoms with Crippen molar-refractivity contribution < 1.29 is 9.18 Å². The molecular formula is C19H18FN5OS. The predicted molar refractivity (Wildman–Crippen MR) is 100.0 cm³/mol. The Bertz CT molecular complexity index is 976. The van der Waals surface area contributed by atoms with Gasteiger partial charge in [-0.1, -0.05) is 42.1 Å². The van der Waals surface area contributed by atoms with Gasteiger partial charge >= 0.3 is 0 Å². The zero-order valence-electron chi connectivity index (χ0n) is 14.7. The van der Waals surface area contributed by atoms with Gasteiger partial charge in [-0.3, -0.25) is 4.79 Å². The van der Waals surface area contributed by atoms with Gasteiger partial charge in [-0.05, 0) is 53.1 Å². The summed E-state index contributed by atoms with van der Waals surface area (Å²) in [6.45, 7) is 3.17. The fraction of sp³-hybridized carbons (Fsp3) is 0.263. The minimum atomic E-state index is -0.366. The number of amides is 1. The Balaban J connectivity index is 1.48. The van der Waals surface area contributed by atoms with Gasteiger partial charge in [0.1, 0.15) is 5.82 Å². The van der Waals surface area contributed by atoms with E-state index in [4.69, 9.17) is 0 Å². The molecule has 4 rings (SSSR count). The van der Waals surface area contributed by atoms with Gasteiger partial charge in [0.25, 0.3) is 0 Å². The van der Waals surface area contributed by atoms with Crippen molar-refractivity contribution in [3.05, 3.63) is 65.5 Å². The summed E-state index contributed by atoms with van der Waals surface area (Å²) in [6.07, 6.45) is 0.861. The van der Waals surface area contributed by atoms with E-state index >= 15 is 0 Å². The molecule has 0 saturated carbocycles. The highest BCUT2D eigenvalue weighted by atomic mass is 32.2. The largest absolute Gasteiger partial charge is 0.337 e. The molecule has 27 heavy (non-hydrogen) atoms. The monoisotopic (exact) mass is 383 g/mol. The van der Waals surface area contributed by atoms with E-state index in [0.717, 1.165) is 6.42 Å². The first kappa shape index (κ1) is 17.7. The van der Waals surface area contributed by atoms with Gasteiger partial charge in [0.05, 0.1) is 10.9 Å². The number of hydrogen-bond acceptors (Lipinski definition) is 5. The Labute approximate surface area is 160 Å². The topological polar surface area (TPSA) is 63.9 Å². The van der Waals surface area contributed by atoms with Gasteiger partial charge in [-0.25, -0.2) is 4.39 Å². The molecule has 1 amide bonds. The quantitative estimate of drug-likeness (QED) is 0.648. The van der Waals surface area contributed by atoms with Gasteiger partial charge in [0, 0.05) is 13.1 Å². The summed E-state index contributed by atoms with van der Waals surface area (Å²) in [7, 11) is 0.